The summed E-state index contributed by atoms with van der Waals surface area (Å²) in [6.45, 7) is 5.62. The molecule has 2 aromatic carbocycles. The van der Waals surface area contributed by atoms with Crippen LogP contribution in [-0.2, 0) is 4.79 Å². The van der Waals surface area contributed by atoms with Crippen molar-refractivity contribution >= 4 is 17.5 Å². The lowest BCUT2D eigenvalue weighted by molar-refractivity contribution is -0.122. The summed E-state index contributed by atoms with van der Waals surface area (Å²) in [5.74, 6) is 0.487. The quantitative estimate of drug-likeness (QED) is 0.744. The van der Waals surface area contributed by atoms with Crippen LogP contribution >= 0.6 is 0 Å². The summed E-state index contributed by atoms with van der Waals surface area (Å²) < 4.78 is 11.1. The first-order valence-corrected chi connectivity index (χ1v) is 8.96. The SMILES string of the molecule is CC[C@@H](Oc1ccccc1OC)C(=O)Nc1ccccc1C(=O)NC(C)C. The fraction of sp³-hybridized carbons (Fsp3) is 0.333. The number of amides is 2. The van der Waals surface area contributed by atoms with E-state index in [-0.39, 0.29) is 17.9 Å². The molecule has 0 radical (unpaired) electrons. The van der Waals surface area contributed by atoms with Gasteiger partial charge >= 0.3 is 0 Å². The normalized spacial score (nSPS) is 11.6. The molecule has 0 aliphatic heterocycles. The fourth-order valence-corrected chi connectivity index (χ4v) is 2.53. The third-order valence-electron chi connectivity index (χ3n) is 3.85. The zero-order chi connectivity index (χ0) is 19.8. The molecular weight excluding hydrogens is 344 g/mol. The molecule has 0 fully saturated rings. The number of methoxy groups -OCH3 is 1. The van der Waals surface area contributed by atoms with Crippen molar-refractivity contribution in [3.8, 4) is 11.5 Å². The van der Waals surface area contributed by atoms with Crippen LogP contribution in [0, 0.1) is 0 Å². The molecule has 2 aromatic rings. The number of nitrogens with one attached hydrogen (secondary N) is 2. The number of carbonyl (C=O) groups excluding carboxylic acids is 2. The Morgan fingerprint density at radius 1 is 1.00 bits per heavy atom. The van der Waals surface area contributed by atoms with Crippen LogP contribution < -0.4 is 20.1 Å². The minimum atomic E-state index is -0.720. The Labute approximate surface area is 159 Å². The van der Waals surface area contributed by atoms with Crippen LogP contribution in [0.4, 0.5) is 5.69 Å². The number of anilines is 1. The fourth-order valence-electron chi connectivity index (χ4n) is 2.53. The molecular formula is C21H26N2O4. The summed E-state index contributed by atoms with van der Waals surface area (Å²) in [5.41, 5.74) is 0.856. The van der Waals surface area contributed by atoms with E-state index in [1.807, 2.05) is 32.9 Å². The summed E-state index contributed by atoms with van der Waals surface area (Å²) in [4.78, 5) is 25.1. The number of ether oxygens (including phenoxy) is 2. The van der Waals surface area contributed by atoms with Gasteiger partial charge < -0.3 is 20.1 Å². The number of para-hydroxylation sites is 3. The van der Waals surface area contributed by atoms with E-state index in [9.17, 15) is 9.59 Å². The van der Waals surface area contributed by atoms with Gasteiger partial charge in [-0.1, -0.05) is 31.2 Å². The van der Waals surface area contributed by atoms with Crippen molar-refractivity contribution in [1.29, 1.82) is 0 Å². The number of hydrogen-bond donors (Lipinski definition) is 2. The van der Waals surface area contributed by atoms with Crippen molar-refractivity contribution in [3.63, 3.8) is 0 Å². The van der Waals surface area contributed by atoms with Gasteiger partial charge in [0.25, 0.3) is 11.8 Å². The second kappa shape index (κ2) is 9.62. The van der Waals surface area contributed by atoms with Crippen LogP contribution in [0.15, 0.2) is 48.5 Å². The molecule has 6 nitrogen and oxygen atoms in total. The van der Waals surface area contributed by atoms with Gasteiger partial charge in [0.1, 0.15) is 0 Å². The van der Waals surface area contributed by atoms with Crippen molar-refractivity contribution in [2.24, 2.45) is 0 Å². The molecule has 27 heavy (non-hydrogen) atoms. The van der Waals surface area contributed by atoms with Crippen molar-refractivity contribution in [2.75, 3.05) is 12.4 Å². The second-order valence-corrected chi connectivity index (χ2v) is 6.33. The molecule has 2 rings (SSSR count). The van der Waals surface area contributed by atoms with Crippen molar-refractivity contribution < 1.29 is 19.1 Å². The van der Waals surface area contributed by atoms with Gasteiger partial charge in [0, 0.05) is 6.04 Å². The predicted octanol–water partition coefficient (Wildman–Crippen LogP) is 3.63. The maximum atomic E-state index is 12.7. The van der Waals surface area contributed by atoms with Gasteiger partial charge in [-0.05, 0) is 44.5 Å². The zero-order valence-corrected chi connectivity index (χ0v) is 16.1. The van der Waals surface area contributed by atoms with E-state index in [1.165, 1.54) is 0 Å². The Hall–Kier alpha value is -3.02. The van der Waals surface area contributed by atoms with E-state index in [0.717, 1.165) is 0 Å². The highest BCUT2D eigenvalue weighted by molar-refractivity contribution is 6.04. The van der Waals surface area contributed by atoms with Crippen molar-refractivity contribution in [2.45, 2.75) is 39.3 Å². The molecule has 6 heteroatoms. The van der Waals surface area contributed by atoms with Gasteiger partial charge in [-0.2, -0.15) is 0 Å². The number of benzene rings is 2. The highest BCUT2D eigenvalue weighted by Gasteiger charge is 2.22. The average molecular weight is 370 g/mol. The first-order chi connectivity index (χ1) is 13.0. The lowest BCUT2D eigenvalue weighted by Gasteiger charge is -2.20. The Morgan fingerprint density at radius 2 is 1.63 bits per heavy atom. The Morgan fingerprint density at radius 3 is 2.26 bits per heavy atom. The lowest BCUT2D eigenvalue weighted by Crippen LogP contribution is -2.34. The van der Waals surface area contributed by atoms with Gasteiger partial charge in [-0.3, -0.25) is 9.59 Å². The molecule has 144 valence electrons. The zero-order valence-electron chi connectivity index (χ0n) is 16.1. The molecule has 0 bridgehead atoms. The number of carbonyl (C=O) groups is 2. The van der Waals surface area contributed by atoms with Crippen LogP contribution in [-0.4, -0.2) is 31.1 Å². The smallest absolute Gasteiger partial charge is 0.265 e. The third kappa shape index (κ3) is 5.48. The minimum Gasteiger partial charge on any atom is -0.493 e. The molecule has 0 spiro atoms. The van der Waals surface area contributed by atoms with Crippen LogP contribution in [0.1, 0.15) is 37.6 Å². The summed E-state index contributed by atoms with van der Waals surface area (Å²) in [7, 11) is 1.55. The molecule has 0 aliphatic rings. The molecule has 2 N–H and O–H groups in total. The molecule has 0 aliphatic carbocycles. The summed E-state index contributed by atoms with van der Waals surface area (Å²) >= 11 is 0. The lowest BCUT2D eigenvalue weighted by atomic mass is 10.1. The summed E-state index contributed by atoms with van der Waals surface area (Å²) in [6.07, 6.45) is -0.257. The molecule has 0 aromatic heterocycles. The van der Waals surface area contributed by atoms with Crippen molar-refractivity contribution in [1.82, 2.24) is 5.32 Å². The highest BCUT2D eigenvalue weighted by Crippen LogP contribution is 2.27. The van der Waals surface area contributed by atoms with E-state index in [2.05, 4.69) is 10.6 Å². The first kappa shape index (κ1) is 20.3. The molecule has 0 saturated heterocycles. The van der Waals surface area contributed by atoms with E-state index in [0.29, 0.717) is 29.2 Å². The second-order valence-electron chi connectivity index (χ2n) is 6.33. The summed E-state index contributed by atoms with van der Waals surface area (Å²) in [5, 5.41) is 5.64. The van der Waals surface area contributed by atoms with E-state index in [4.69, 9.17) is 9.47 Å². The van der Waals surface area contributed by atoms with E-state index in [1.54, 1.807) is 43.5 Å². The van der Waals surface area contributed by atoms with Crippen molar-refractivity contribution in [3.05, 3.63) is 54.1 Å². The average Bonchev–Trinajstić information content (AvgIpc) is 2.66. The topological polar surface area (TPSA) is 76.7 Å². The monoisotopic (exact) mass is 370 g/mol. The van der Waals surface area contributed by atoms with Gasteiger partial charge in [0.05, 0.1) is 18.4 Å². The van der Waals surface area contributed by atoms with Crippen LogP contribution in [0.2, 0.25) is 0 Å². The maximum Gasteiger partial charge on any atom is 0.265 e. The predicted molar refractivity (Wildman–Crippen MR) is 105 cm³/mol. The maximum absolute atomic E-state index is 12.7. The molecule has 0 saturated carbocycles. The Kier molecular flexibility index (Phi) is 7.23. The largest absolute Gasteiger partial charge is 0.493 e. The highest BCUT2D eigenvalue weighted by atomic mass is 16.5. The molecule has 0 unspecified atom stereocenters. The van der Waals surface area contributed by atoms with E-state index >= 15 is 0 Å². The van der Waals surface area contributed by atoms with Gasteiger partial charge in [-0.25, -0.2) is 0 Å². The van der Waals surface area contributed by atoms with E-state index < -0.39 is 6.10 Å². The minimum absolute atomic E-state index is 0.00136. The molecule has 2 amide bonds. The Balaban J connectivity index is 2.16. The number of rotatable bonds is 8. The standard InChI is InChI=1S/C21H26N2O4/c1-5-17(27-19-13-9-8-12-18(19)26-4)21(25)23-16-11-7-6-10-15(16)20(24)22-14(2)3/h6-14,17H,5H2,1-4H3,(H,22,24)(H,23,25)/t17-/m1/s1. The van der Waals surface area contributed by atoms with Crippen LogP contribution in [0.3, 0.4) is 0 Å². The van der Waals surface area contributed by atoms with Gasteiger partial charge in [0.15, 0.2) is 17.6 Å². The van der Waals surface area contributed by atoms with Crippen LogP contribution in [0.25, 0.3) is 0 Å². The Bertz CT molecular complexity index is 789. The third-order valence-corrected chi connectivity index (χ3v) is 3.85. The first-order valence-electron chi connectivity index (χ1n) is 8.96. The number of hydrogen-bond acceptors (Lipinski definition) is 4. The van der Waals surface area contributed by atoms with Gasteiger partial charge in [0.2, 0.25) is 0 Å². The molecule has 1 atom stereocenters. The summed E-state index contributed by atoms with van der Waals surface area (Å²) in [6, 6.07) is 14.1. The van der Waals surface area contributed by atoms with Crippen LogP contribution in [0.5, 0.6) is 11.5 Å². The van der Waals surface area contributed by atoms with Gasteiger partial charge in [-0.15, -0.1) is 0 Å². The molecule has 0 heterocycles.